The fourth-order valence-corrected chi connectivity index (χ4v) is 3.20. The van der Waals surface area contributed by atoms with E-state index >= 15 is 0 Å². The molecule has 1 amide bonds. The zero-order chi connectivity index (χ0) is 14.2. The average Bonchev–Trinajstić information content (AvgIpc) is 2.65. The zero-order valence-electron chi connectivity index (χ0n) is 11.7. The molecule has 2 atom stereocenters. The van der Waals surface area contributed by atoms with Gasteiger partial charge in [0.2, 0.25) is 5.91 Å². The smallest absolute Gasteiger partial charge is 0.223 e. The maximum atomic E-state index is 11.9. The second-order valence-corrected chi connectivity index (χ2v) is 6.42. The van der Waals surface area contributed by atoms with Gasteiger partial charge in [0.1, 0.15) is 5.75 Å². The first-order valence-corrected chi connectivity index (χ1v) is 8.28. The third kappa shape index (κ3) is 5.16. The molecule has 0 spiro atoms. The Bertz CT molecular complexity index is 410. The third-order valence-electron chi connectivity index (χ3n) is 3.62. The fraction of sp³-hybridized carbons (Fsp3) is 0.562. The first-order valence-electron chi connectivity index (χ1n) is 7.37. The summed E-state index contributed by atoms with van der Waals surface area (Å²) >= 11 is 3.69. The standard InChI is InChI=1S/C16H22BrNO2/c17-14-9-5-2-6-10-15(14)18-16(19)11-12-20-13-7-3-1-4-8-13/h1,3-4,7-8,14-15H,2,5-6,9-12H2,(H,18,19). The van der Waals surface area contributed by atoms with Gasteiger partial charge < -0.3 is 10.1 Å². The van der Waals surface area contributed by atoms with Crippen molar-refractivity contribution in [3.8, 4) is 5.75 Å². The summed E-state index contributed by atoms with van der Waals surface area (Å²) in [6.45, 7) is 0.426. The molecule has 110 valence electrons. The number of amides is 1. The normalized spacial score (nSPS) is 22.9. The lowest BCUT2D eigenvalue weighted by atomic mass is 10.1. The van der Waals surface area contributed by atoms with Crippen molar-refractivity contribution in [2.75, 3.05) is 6.61 Å². The molecule has 0 aromatic heterocycles. The summed E-state index contributed by atoms with van der Waals surface area (Å²) in [6, 6.07) is 9.87. The van der Waals surface area contributed by atoms with Crippen LogP contribution in [0.25, 0.3) is 0 Å². The third-order valence-corrected chi connectivity index (χ3v) is 4.72. The van der Waals surface area contributed by atoms with Gasteiger partial charge in [-0.05, 0) is 25.0 Å². The number of para-hydroxylation sites is 1. The number of carbonyl (C=O) groups is 1. The first kappa shape index (κ1) is 15.4. The van der Waals surface area contributed by atoms with Gasteiger partial charge in [0, 0.05) is 10.9 Å². The van der Waals surface area contributed by atoms with Crippen LogP contribution in [-0.2, 0) is 4.79 Å². The van der Waals surface area contributed by atoms with Crippen molar-refractivity contribution in [3.05, 3.63) is 30.3 Å². The van der Waals surface area contributed by atoms with Crippen LogP contribution in [0.2, 0.25) is 0 Å². The molecule has 1 saturated carbocycles. The van der Waals surface area contributed by atoms with Gasteiger partial charge in [-0.25, -0.2) is 0 Å². The topological polar surface area (TPSA) is 38.3 Å². The Kier molecular flexibility index (Phi) is 6.37. The highest BCUT2D eigenvalue weighted by atomic mass is 79.9. The van der Waals surface area contributed by atoms with Crippen molar-refractivity contribution in [2.45, 2.75) is 49.4 Å². The summed E-state index contributed by atoms with van der Waals surface area (Å²) in [5.74, 6) is 0.894. The molecule has 1 aromatic carbocycles. The van der Waals surface area contributed by atoms with Crippen LogP contribution in [0.4, 0.5) is 0 Å². The van der Waals surface area contributed by atoms with Crippen LogP contribution in [0.3, 0.4) is 0 Å². The van der Waals surface area contributed by atoms with Crippen molar-refractivity contribution < 1.29 is 9.53 Å². The van der Waals surface area contributed by atoms with E-state index in [0.717, 1.165) is 18.6 Å². The largest absolute Gasteiger partial charge is 0.493 e. The first-order chi connectivity index (χ1) is 9.75. The van der Waals surface area contributed by atoms with Crippen molar-refractivity contribution in [3.63, 3.8) is 0 Å². The van der Waals surface area contributed by atoms with Gasteiger partial charge in [-0.3, -0.25) is 4.79 Å². The Hall–Kier alpha value is -1.03. The van der Waals surface area contributed by atoms with E-state index in [4.69, 9.17) is 4.74 Å². The monoisotopic (exact) mass is 339 g/mol. The van der Waals surface area contributed by atoms with Crippen LogP contribution in [0.15, 0.2) is 30.3 Å². The molecule has 2 unspecified atom stereocenters. The molecule has 0 bridgehead atoms. The minimum atomic E-state index is 0.0808. The average molecular weight is 340 g/mol. The molecule has 1 fully saturated rings. The summed E-state index contributed by atoms with van der Waals surface area (Å²) in [6.07, 6.45) is 6.34. The van der Waals surface area contributed by atoms with Crippen LogP contribution in [-0.4, -0.2) is 23.4 Å². The molecule has 2 rings (SSSR count). The van der Waals surface area contributed by atoms with E-state index in [-0.39, 0.29) is 11.9 Å². The van der Waals surface area contributed by atoms with Crippen molar-refractivity contribution >= 4 is 21.8 Å². The lowest BCUT2D eigenvalue weighted by Crippen LogP contribution is -2.40. The number of halogens is 1. The Morgan fingerprint density at radius 2 is 1.95 bits per heavy atom. The molecule has 1 N–H and O–H groups in total. The van der Waals surface area contributed by atoms with Crippen molar-refractivity contribution in [2.24, 2.45) is 0 Å². The van der Waals surface area contributed by atoms with E-state index in [0.29, 0.717) is 17.9 Å². The molecule has 0 aliphatic heterocycles. The number of hydrogen-bond donors (Lipinski definition) is 1. The van der Waals surface area contributed by atoms with Gasteiger partial charge in [-0.15, -0.1) is 0 Å². The molecule has 0 radical (unpaired) electrons. The molecule has 3 nitrogen and oxygen atoms in total. The second kappa shape index (κ2) is 8.30. The fourth-order valence-electron chi connectivity index (χ4n) is 2.48. The molecule has 20 heavy (non-hydrogen) atoms. The summed E-state index contributed by atoms with van der Waals surface area (Å²) in [4.78, 5) is 12.4. The van der Waals surface area contributed by atoms with Crippen molar-refractivity contribution in [1.82, 2.24) is 5.32 Å². The molecule has 4 heteroatoms. The van der Waals surface area contributed by atoms with Crippen molar-refractivity contribution in [1.29, 1.82) is 0 Å². The van der Waals surface area contributed by atoms with E-state index < -0.39 is 0 Å². The quantitative estimate of drug-likeness (QED) is 0.656. The minimum Gasteiger partial charge on any atom is -0.493 e. The van der Waals surface area contributed by atoms with E-state index in [2.05, 4.69) is 21.2 Å². The Labute approximate surface area is 129 Å². The second-order valence-electron chi connectivity index (χ2n) is 5.24. The molecule has 1 aliphatic rings. The molecular formula is C16H22BrNO2. The maximum absolute atomic E-state index is 11.9. The Morgan fingerprint density at radius 3 is 2.75 bits per heavy atom. The van der Waals surface area contributed by atoms with Crippen LogP contribution in [0.5, 0.6) is 5.75 Å². The van der Waals surface area contributed by atoms with Gasteiger partial charge in [-0.2, -0.15) is 0 Å². The number of alkyl halides is 1. The van der Waals surface area contributed by atoms with E-state index in [1.54, 1.807) is 0 Å². The molecule has 0 saturated heterocycles. The Balaban J connectivity index is 1.69. The van der Waals surface area contributed by atoms with Crippen LogP contribution in [0.1, 0.15) is 38.5 Å². The number of nitrogens with one attached hydrogen (secondary N) is 1. The summed E-state index contributed by atoms with van der Waals surface area (Å²) < 4.78 is 5.54. The highest BCUT2D eigenvalue weighted by Crippen LogP contribution is 2.23. The van der Waals surface area contributed by atoms with E-state index in [1.807, 2.05) is 30.3 Å². The van der Waals surface area contributed by atoms with Gasteiger partial charge in [-0.1, -0.05) is 53.4 Å². The van der Waals surface area contributed by atoms with Gasteiger partial charge in [0.25, 0.3) is 0 Å². The number of rotatable bonds is 5. The van der Waals surface area contributed by atoms with Gasteiger partial charge >= 0.3 is 0 Å². The van der Waals surface area contributed by atoms with Gasteiger partial charge in [0.15, 0.2) is 0 Å². The number of benzene rings is 1. The molecule has 0 heterocycles. The Morgan fingerprint density at radius 1 is 1.20 bits per heavy atom. The number of carbonyl (C=O) groups excluding carboxylic acids is 1. The summed E-state index contributed by atoms with van der Waals surface area (Å²) in [5, 5.41) is 3.13. The maximum Gasteiger partial charge on any atom is 0.223 e. The van der Waals surface area contributed by atoms with E-state index in [9.17, 15) is 4.79 Å². The summed E-state index contributed by atoms with van der Waals surface area (Å²) in [5.41, 5.74) is 0. The van der Waals surface area contributed by atoms with E-state index in [1.165, 1.54) is 19.3 Å². The molecule has 1 aliphatic carbocycles. The lowest BCUT2D eigenvalue weighted by Gasteiger charge is -2.21. The van der Waals surface area contributed by atoms with Gasteiger partial charge in [0.05, 0.1) is 13.0 Å². The lowest BCUT2D eigenvalue weighted by molar-refractivity contribution is -0.122. The highest BCUT2D eigenvalue weighted by molar-refractivity contribution is 9.09. The number of ether oxygens (including phenoxy) is 1. The van der Waals surface area contributed by atoms with Crippen LogP contribution in [0, 0.1) is 0 Å². The minimum absolute atomic E-state index is 0.0808. The van der Waals surface area contributed by atoms with Crippen LogP contribution >= 0.6 is 15.9 Å². The molecule has 1 aromatic rings. The summed E-state index contributed by atoms with van der Waals surface area (Å²) in [7, 11) is 0. The highest BCUT2D eigenvalue weighted by Gasteiger charge is 2.22. The predicted molar refractivity (Wildman–Crippen MR) is 84.3 cm³/mol. The number of hydrogen-bond acceptors (Lipinski definition) is 2. The predicted octanol–water partition coefficient (Wildman–Crippen LogP) is 3.67. The zero-order valence-corrected chi connectivity index (χ0v) is 13.3. The SMILES string of the molecule is O=C(CCOc1ccccc1)NC1CCCCCC1Br. The van der Waals surface area contributed by atoms with Crippen LogP contribution < -0.4 is 10.1 Å². The molecular weight excluding hydrogens is 318 g/mol.